The van der Waals surface area contributed by atoms with Crippen LogP contribution in [0.4, 0.5) is 0 Å². The first-order valence-corrected chi connectivity index (χ1v) is 11.6. The van der Waals surface area contributed by atoms with E-state index >= 15 is 0 Å². The molecule has 6 nitrogen and oxygen atoms in total. The maximum absolute atomic E-state index is 13.2. The van der Waals surface area contributed by atoms with Crippen molar-refractivity contribution in [2.75, 3.05) is 40.8 Å². The summed E-state index contributed by atoms with van der Waals surface area (Å²) in [6.45, 7) is 1.43. The molecule has 2 unspecified atom stereocenters. The molecule has 3 amide bonds. The van der Waals surface area contributed by atoms with Crippen LogP contribution >= 0.6 is 11.3 Å². The Kier molecular flexibility index (Phi) is 5.88. The molecular formula is C24H29N3O3S. The number of carbonyl (C=O) groups is 3. The van der Waals surface area contributed by atoms with Crippen LogP contribution in [0, 0.1) is 11.3 Å². The van der Waals surface area contributed by atoms with E-state index in [0.29, 0.717) is 32.5 Å². The topological polar surface area (TPSA) is 60.9 Å². The molecule has 4 rings (SSSR count). The minimum atomic E-state index is -0.627. The summed E-state index contributed by atoms with van der Waals surface area (Å²) in [4.78, 5) is 43.3. The van der Waals surface area contributed by atoms with Crippen LogP contribution in [-0.4, -0.2) is 73.2 Å². The number of nitrogens with zero attached hydrogens (tertiary/aromatic N) is 3. The first-order valence-electron chi connectivity index (χ1n) is 10.6. The van der Waals surface area contributed by atoms with E-state index in [9.17, 15) is 14.4 Å². The van der Waals surface area contributed by atoms with Crippen LogP contribution in [0.1, 0.15) is 18.4 Å². The third-order valence-corrected chi connectivity index (χ3v) is 7.25. The van der Waals surface area contributed by atoms with E-state index in [1.807, 2.05) is 0 Å². The lowest BCUT2D eigenvalue weighted by Gasteiger charge is -2.31. The molecular weight excluding hydrogens is 410 g/mol. The summed E-state index contributed by atoms with van der Waals surface area (Å²) in [7, 11) is 5.29. The predicted octanol–water partition coefficient (Wildman–Crippen LogP) is 2.74. The van der Waals surface area contributed by atoms with Crippen molar-refractivity contribution in [3.05, 3.63) is 46.7 Å². The molecule has 2 aliphatic heterocycles. The Morgan fingerprint density at radius 1 is 1.16 bits per heavy atom. The van der Waals surface area contributed by atoms with Crippen molar-refractivity contribution in [1.29, 1.82) is 0 Å². The second-order valence-corrected chi connectivity index (χ2v) is 9.83. The smallest absolute Gasteiger partial charge is 0.230 e. The van der Waals surface area contributed by atoms with Crippen LogP contribution in [0.5, 0.6) is 0 Å². The van der Waals surface area contributed by atoms with Crippen molar-refractivity contribution in [3.63, 3.8) is 0 Å². The first kappa shape index (κ1) is 21.6. The Balaban J connectivity index is 1.52. The summed E-state index contributed by atoms with van der Waals surface area (Å²) in [5, 5.41) is 4.19. The van der Waals surface area contributed by atoms with Gasteiger partial charge in [0.15, 0.2) is 0 Å². The van der Waals surface area contributed by atoms with E-state index in [1.165, 1.54) is 5.56 Å². The molecule has 0 radical (unpaired) electrons. The minimum Gasteiger partial charge on any atom is -0.348 e. The van der Waals surface area contributed by atoms with Gasteiger partial charge in [-0.25, -0.2) is 0 Å². The van der Waals surface area contributed by atoms with Gasteiger partial charge < -0.3 is 14.7 Å². The van der Waals surface area contributed by atoms with Crippen molar-refractivity contribution in [3.8, 4) is 11.1 Å². The average Bonchev–Trinajstić information content (AvgIpc) is 3.49. The maximum atomic E-state index is 13.2. The van der Waals surface area contributed by atoms with E-state index < -0.39 is 5.41 Å². The van der Waals surface area contributed by atoms with Crippen molar-refractivity contribution in [2.24, 2.45) is 11.3 Å². The van der Waals surface area contributed by atoms with Crippen LogP contribution in [0.3, 0.4) is 0 Å². The third kappa shape index (κ3) is 4.24. The molecule has 0 N–H and O–H groups in total. The van der Waals surface area contributed by atoms with Crippen molar-refractivity contribution >= 4 is 29.1 Å². The Morgan fingerprint density at radius 3 is 2.48 bits per heavy atom. The molecule has 2 fully saturated rings. The quantitative estimate of drug-likeness (QED) is 0.720. The summed E-state index contributed by atoms with van der Waals surface area (Å²) in [5.74, 6) is -0.227. The molecule has 2 aliphatic rings. The Hall–Kier alpha value is -2.67. The summed E-state index contributed by atoms with van der Waals surface area (Å²) in [6.07, 6.45) is 1.50. The van der Waals surface area contributed by atoms with Crippen LogP contribution < -0.4 is 0 Å². The lowest BCUT2D eigenvalue weighted by molar-refractivity contribution is -0.140. The number of thiophene rings is 1. The molecule has 0 spiro atoms. The van der Waals surface area contributed by atoms with Gasteiger partial charge in [0.1, 0.15) is 0 Å². The Morgan fingerprint density at radius 2 is 1.90 bits per heavy atom. The largest absolute Gasteiger partial charge is 0.348 e. The number of hydrogen-bond donors (Lipinski definition) is 0. The summed E-state index contributed by atoms with van der Waals surface area (Å²) >= 11 is 1.67. The van der Waals surface area contributed by atoms with Crippen LogP contribution in [-0.2, 0) is 20.8 Å². The number of amides is 3. The molecule has 2 aromatic rings. The van der Waals surface area contributed by atoms with E-state index in [4.69, 9.17) is 0 Å². The van der Waals surface area contributed by atoms with Gasteiger partial charge in [-0.3, -0.25) is 14.4 Å². The standard InChI is InChI=1S/C24H29N3O3S/c1-25(2)23(30)24(13-17-4-6-18(7-5-17)19-8-11-31-15-19)9-10-27(16-24)22(29)20-12-21(28)26(3)14-20/h4-8,11,15,20H,9-10,12-14,16H2,1-3H3. The second kappa shape index (κ2) is 8.46. The van der Waals surface area contributed by atoms with Gasteiger partial charge in [0.2, 0.25) is 17.7 Å². The zero-order chi connectivity index (χ0) is 22.2. The SMILES string of the molecule is CN(C)C(=O)C1(Cc2ccc(-c3ccsc3)cc2)CCN(C(=O)C2CC(=O)N(C)C2)C1. The Labute approximate surface area is 187 Å². The molecule has 2 saturated heterocycles. The Bertz CT molecular complexity index is 970. The van der Waals surface area contributed by atoms with Crippen LogP contribution in [0.25, 0.3) is 11.1 Å². The molecule has 1 aromatic carbocycles. The highest BCUT2D eigenvalue weighted by atomic mass is 32.1. The maximum Gasteiger partial charge on any atom is 0.230 e. The van der Waals surface area contributed by atoms with E-state index in [-0.39, 0.29) is 30.1 Å². The minimum absolute atomic E-state index is 0.000984. The van der Waals surface area contributed by atoms with Gasteiger partial charge in [-0.05, 0) is 46.4 Å². The van der Waals surface area contributed by atoms with Gasteiger partial charge in [-0.15, -0.1) is 0 Å². The molecule has 2 atom stereocenters. The summed E-state index contributed by atoms with van der Waals surface area (Å²) in [6, 6.07) is 10.5. The highest BCUT2D eigenvalue weighted by Gasteiger charge is 2.48. The van der Waals surface area contributed by atoms with Crippen LogP contribution in [0.2, 0.25) is 0 Å². The molecule has 0 bridgehead atoms. The molecule has 0 saturated carbocycles. The highest BCUT2D eigenvalue weighted by Crippen LogP contribution is 2.37. The number of hydrogen-bond acceptors (Lipinski definition) is 4. The fourth-order valence-corrected chi connectivity index (χ4v) is 5.52. The number of carbonyl (C=O) groups excluding carboxylic acids is 3. The highest BCUT2D eigenvalue weighted by molar-refractivity contribution is 7.08. The average molecular weight is 440 g/mol. The van der Waals surface area contributed by atoms with Gasteiger partial charge in [-0.2, -0.15) is 11.3 Å². The zero-order valence-electron chi connectivity index (χ0n) is 18.3. The monoisotopic (exact) mass is 439 g/mol. The lowest BCUT2D eigenvalue weighted by atomic mass is 9.79. The van der Waals surface area contributed by atoms with E-state index in [0.717, 1.165) is 11.1 Å². The third-order valence-electron chi connectivity index (χ3n) is 6.57. The molecule has 31 heavy (non-hydrogen) atoms. The van der Waals surface area contributed by atoms with Crippen molar-refractivity contribution in [1.82, 2.24) is 14.7 Å². The number of benzene rings is 1. The molecule has 164 valence electrons. The van der Waals surface area contributed by atoms with E-state index in [2.05, 4.69) is 41.1 Å². The normalized spacial score (nSPS) is 23.5. The number of likely N-dealkylation sites (tertiary alicyclic amines) is 2. The van der Waals surface area contributed by atoms with Crippen molar-refractivity contribution < 1.29 is 14.4 Å². The van der Waals surface area contributed by atoms with Gasteiger partial charge in [-0.1, -0.05) is 24.3 Å². The van der Waals surface area contributed by atoms with Gasteiger partial charge in [0.25, 0.3) is 0 Å². The summed E-state index contributed by atoms with van der Waals surface area (Å²) in [5.41, 5.74) is 2.83. The fourth-order valence-electron chi connectivity index (χ4n) is 4.85. The van der Waals surface area contributed by atoms with E-state index in [1.54, 1.807) is 47.2 Å². The van der Waals surface area contributed by atoms with Gasteiger partial charge in [0, 0.05) is 47.2 Å². The summed E-state index contributed by atoms with van der Waals surface area (Å²) < 4.78 is 0. The lowest BCUT2D eigenvalue weighted by Crippen LogP contribution is -2.45. The number of rotatable bonds is 5. The molecule has 3 heterocycles. The fraction of sp³-hybridized carbons (Fsp3) is 0.458. The molecule has 0 aliphatic carbocycles. The van der Waals surface area contributed by atoms with Crippen molar-refractivity contribution in [2.45, 2.75) is 19.3 Å². The first-order chi connectivity index (χ1) is 14.8. The van der Waals surface area contributed by atoms with Crippen LogP contribution in [0.15, 0.2) is 41.1 Å². The van der Waals surface area contributed by atoms with Gasteiger partial charge >= 0.3 is 0 Å². The molecule has 7 heteroatoms. The predicted molar refractivity (Wildman–Crippen MR) is 122 cm³/mol. The molecule has 1 aromatic heterocycles. The van der Waals surface area contributed by atoms with Gasteiger partial charge in [0.05, 0.1) is 11.3 Å². The second-order valence-electron chi connectivity index (χ2n) is 9.05. The zero-order valence-corrected chi connectivity index (χ0v) is 19.2.